The third-order valence-electron chi connectivity index (χ3n) is 8.64. The summed E-state index contributed by atoms with van der Waals surface area (Å²) in [5.74, 6) is -1.15. The van der Waals surface area contributed by atoms with E-state index in [1.54, 1.807) is 0 Å². The van der Waals surface area contributed by atoms with Crippen LogP contribution in [0.25, 0.3) is 0 Å². The molecule has 4 N–H and O–H groups in total. The third-order valence-corrected chi connectivity index (χ3v) is 10.1. The highest BCUT2D eigenvalue weighted by Gasteiger charge is 2.28. The summed E-state index contributed by atoms with van der Waals surface area (Å²) in [6.45, 7) is 1.50. The van der Waals surface area contributed by atoms with Crippen LogP contribution >= 0.6 is 15.6 Å². The summed E-state index contributed by atoms with van der Waals surface area (Å²) in [5.41, 5.74) is 0. The van der Waals surface area contributed by atoms with Gasteiger partial charge in [-0.1, -0.05) is 142 Å². The molecule has 15 heteroatoms. The molecule has 0 aliphatic heterocycles. The zero-order chi connectivity index (χ0) is 46.5. The molecule has 0 fully saturated rings. The second kappa shape index (κ2) is 42.7. The van der Waals surface area contributed by atoms with Gasteiger partial charge in [-0.3, -0.25) is 23.2 Å². The van der Waals surface area contributed by atoms with Crippen LogP contribution in [0.4, 0.5) is 0 Å². The SMILES string of the molecule is CC/C=C\C/C=C\C/C=C\C/C=C\C/C=C\CCCCCC(=O)O[C@H](COC(=O)CCC/C=C\C/C=C\C/C=C\C/C=C\CCCCC)COP(=O)(O)OC[C@@H](O)COP(=O)(O)O. The number of allylic oxidation sites excluding steroid dienone is 18. The Morgan fingerprint density at radius 2 is 0.889 bits per heavy atom. The summed E-state index contributed by atoms with van der Waals surface area (Å²) in [7, 11) is -9.72. The van der Waals surface area contributed by atoms with Crippen molar-refractivity contribution in [3.63, 3.8) is 0 Å². The molecule has 0 heterocycles. The number of unbranched alkanes of at least 4 members (excludes halogenated alkanes) is 7. The van der Waals surface area contributed by atoms with Crippen molar-refractivity contribution < 1.29 is 61.6 Å². The number of hydrogen-bond donors (Lipinski definition) is 4. The van der Waals surface area contributed by atoms with Gasteiger partial charge in [0.05, 0.1) is 19.8 Å². The molecule has 0 amide bonds. The van der Waals surface area contributed by atoms with Gasteiger partial charge in [-0.15, -0.1) is 0 Å². The summed E-state index contributed by atoms with van der Waals surface area (Å²) in [4.78, 5) is 52.7. The number of aliphatic hydroxyl groups is 1. The van der Waals surface area contributed by atoms with E-state index in [1.165, 1.54) is 19.3 Å². The number of phosphoric acid groups is 2. The molecule has 0 aromatic carbocycles. The molecule has 0 bridgehead atoms. The molecule has 0 spiro atoms. The fourth-order valence-electron chi connectivity index (χ4n) is 5.25. The van der Waals surface area contributed by atoms with Crippen molar-refractivity contribution in [2.45, 2.75) is 154 Å². The van der Waals surface area contributed by atoms with Crippen LogP contribution in [0.15, 0.2) is 109 Å². The predicted molar refractivity (Wildman–Crippen MR) is 253 cm³/mol. The highest BCUT2D eigenvalue weighted by molar-refractivity contribution is 7.47. The van der Waals surface area contributed by atoms with Gasteiger partial charge in [0, 0.05) is 12.8 Å². The Labute approximate surface area is 378 Å². The van der Waals surface area contributed by atoms with E-state index < -0.39 is 66.2 Å². The van der Waals surface area contributed by atoms with Crippen LogP contribution in [0.3, 0.4) is 0 Å². The number of esters is 2. The standard InChI is InChI=1S/C48H78O13P2/c1-3-5-7-9-11-13-15-17-19-21-22-24-26-28-30-32-34-36-38-40-48(51)61-46(44-60-63(55,56)59-42-45(49)41-58-62(52,53)54)43-57-47(50)39-37-35-33-31-29-27-25-23-20-18-16-14-12-10-8-6-4-2/h5,7,11-14,17-20,22,24-25,27-28,30-31,33,45-46,49H,3-4,6,8-10,15-16,21,23,26,29,32,34-44H2,1-2H3,(H,55,56)(H2,52,53,54)/b7-5-,13-11-,14-12-,19-17-,20-18-,24-22-,27-25-,30-28-,33-31-/t45-,46+/m0/s1. The Hall–Kier alpha value is -3.22. The van der Waals surface area contributed by atoms with Gasteiger partial charge in [0.2, 0.25) is 0 Å². The summed E-state index contributed by atoms with van der Waals surface area (Å²) in [6.07, 6.45) is 52.3. The molecule has 0 saturated heterocycles. The van der Waals surface area contributed by atoms with Crippen LogP contribution in [0.1, 0.15) is 142 Å². The van der Waals surface area contributed by atoms with Gasteiger partial charge >= 0.3 is 27.6 Å². The lowest BCUT2D eigenvalue weighted by molar-refractivity contribution is -0.161. The van der Waals surface area contributed by atoms with E-state index in [9.17, 15) is 28.7 Å². The van der Waals surface area contributed by atoms with Gasteiger partial charge in [-0.05, 0) is 96.3 Å². The number of carbonyl (C=O) groups is 2. The van der Waals surface area contributed by atoms with E-state index in [-0.39, 0.29) is 12.8 Å². The quantitative estimate of drug-likeness (QED) is 0.0196. The zero-order valence-electron chi connectivity index (χ0n) is 37.9. The second-order valence-electron chi connectivity index (χ2n) is 14.6. The van der Waals surface area contributed by atoms with E-state index in [2.05, 4.69) is 120 Å². The zero-order valence-corrected chi connectivity index (χ0v) is 39.7. The molecule has 0 radical (unpaired) electrons. The molecule has 0 saturated carbocycles. The molecule has 0 aromatic rings. The largest absolute Gasteiger partial charge is 0.472 e. The van der Waals surface area contributed by atoms with Crippen LogP contribution in [0.5, 0.6) is 0 Å². The summed E-state index contributed by atoms with van der Waals surface area (Å²) >= 11 is 0. The molecule has 0 rings (SSSR count). The number of phosphoric ester groups is 2. The fraction of sp³-hybridized carbons (Fsp3) is 0.583. The van der Waals surface area contributed by atoms with E-state index in [4.69, 9.17) is 23.8 Å². The van der Waals surface area contributed by atoms with Gasteiger partial charge in [-0.2, -0.15) is 0 Å². The number of ether oxygens (including phenoxy) is 2. The van der Waals surface area contributed by atoms with E-state index in [1.807, 2.05) is 12.2 Å². The van der Waals surface area contributed by atoms with Crippen LogP contribution in [-0.4, -0.2) is 70.4 Å². The van der Waals surface area contributed by atoms with Crippen molar-refractivity contribution in [2.75, 3.05) is 26.4 Å². The Morgan fingerprint density at radius 3 is 1.37 bits per heavy atom. The molecule has 63 heavy (non-hydrogen) atoms. The van der Waals surface area contributed by atoms with E-state index in [0.717, 1.165) is 77.0 Å². The first kappa shape index (κ1) is 59.8. The maximum absolute atomic E-state index is 12.7. The minimum Gasteiger partial charge on any atom is -0.462 e. The molecule has 0 aliphatic rings. The number of aliphatic hydroxyl groups excluding tert-OH is 1. The molecule has 0 aromatic heterocycles. The third kappa shape index (κ3) is 46.6. The average Bonchev–Trinajstić information content (AvgIpc) is 3.24. The van der Waals surface area contributed by atoms with Crippen LogP contribution in [-0.2, 0) is 41.8 Å². The van der Waals surface area contributed by atoms with Crippen LogP contribution in [0, 0.1) is 0 Å². The normalized spacial score (nSPS) is 15.0. The minimum absolute atomic E-state index is 0.0736. The number of rotatable bonds is 41. The van der Waals surface area contributed by atoms with Crippen LogP contribution < -0.4 is 0 Å². The Bertz CT molecular complexity index is 1520. The molecule has 358 valence electrons. The summed E-state index contributed by atoms with van der Waals surface area (Å²) in [6, 6.07) is 0. The first-order valence-electron chi connectivity index (χ1n) is 22.6. The fourth-order valence-corrected chi connectivity index (χ4v) is 6.40. The van der Waals surface area contributed by atoms with E-state index in [0.29, 0.717) is 19.3 Å². The van der Waals surface area contributed by atoms with Crippen molar-refractivity contribution in [2.24, 2.45) is 0 Å². The molecule has 0 aliphatic carbocycles. The molecular weight excluding hydrogens is 846 g/mol. The lowest BCUT2D eigenvalue weighted by Crippen LogP contribution is -2.30. The Morgan fingerprint density at radius 1 is 0.476 bits per heavy atom. The van der Waals surface area contributed by atoms with Gasteiger partial charge in [0.1, 0.15) is 12.7 Å². The lowest BCUT2D eigenvalue weighted by Gasteiger charge is -2.20. The van der Waals surface area contributed by atoms with Gasteiger partial charge < -0.3 is 29.3 Å². The summed E-state index contributed by atoms with van der Waals surface area (Å²) in [5, 5.41) is 9.75. The number of carbonyl (C=O) groups excluding carboxylic acids is 2. The van der Waals surface area contributed by atoms with Crippen LogP contribution in [0.2, 0.25) is 0 Å². The maximum Gasteiger partial charge on any atom is 0.472 e. The van der Waals surface area contributed by atoms with Gasteiger partial charge in [0.25, 0.3) is 0 Å². The van der Waals surface area contributed by atoms with Gasteiger partial charge in [-0.25, -0.2) is 9.13 Å². The Balaban J connectivity index is 4.68. The van der Waals surface area contributed by atoms with Crippen molar-refractivity contribution in [3.8, 4) is 0 Å². The molecular formula is C48H78O13P2. The first-order valence-corrected chi connectivity index (χ1v) is 25.6. The highest BCUT2D eigenvalue weighted by atomic mass is 31.2. The average molecular weight is 925 g/mol. The first-order chi connectivity index (χ1) is 30.4. The van der Waals surface area contributed by atoms with Crippen molar-refractivity contribution >= 4 is 27.6 Å². The highest BCUT2D eigenvalue weighted by Crippen LogP contribution is 2.43. The predicted octanol–water partition coefficient (Wildman–Crippen LogP) is 11.9. The van der Waals surface area contributed by atoms with Gasteiger partial charge in [0.15, 0.2) is 6.10 Å². The van der Waals surface area contributed by atoms with E-state index >= 15 is 0 Å². The van der Waals surface area contributed by atoms with Crippen molar-refractivity contribution in [1.82, 2.24) is 0 Å². The minimum atomic E-state index is -4.88. The smallest absolute Gasteiger partial charge is 0.462 e. The molecule has 1 unspecified atom stereocenters. The number of hydrogen-bond acceptors (Lipinski definition) is 10. The molecule has 13 nitrogen and oxygen atoms in total. The Kier molecular flexibility index (Phi) is 40.5. The van der Waals surface area contributed by atoms with Crippen molar-refractivity contribution in [3.05, 3.63) is 109 Å². The summed E-state index contributed by atoms with van der Waals surface area (Å²) < 4.78 is 47.7. The molecule has 3 atom stereocenters. The monoisotopic (exact) mass is 924 g/mol. The lowest BCUT2D eigenvalue weighted by atomic mass is 10.1. The second-order valence-corrected chi connectivity index (χ2v) is 17.3. The topological polar surface area (TPSA) is 195 Å². The maximum atomic E-state index is 12.7. The van der Waals surface area contributed by atoms with Crippen molar-refractivity contribution in [1.29, 1.82) is 0 Å².